The van der Waals surface area contributed by atoms with Gasteiger partial charge in [-0.1, -0.05) is 98.4 Å². The SMILES string of the molecule is CC.C\C=C/C(C)=C\C=C\C=C\c1cc(Cc2ccccc2)ccc1OC.O=C(O)C1CNC1. The lowest BCUT2D eigenvalue weighted by Gasteiger charge is -2.21. The number of carboxylic acid groups (broad SMARTS) is 1. The van der Waals surface area contributed by atoms with Crippen LogP contribution in [0.25, 0.3) is 6.08 Å². The third-order valence-corrected chi connectivity index (χ3v) is 4.96. The predicted molar refractivity (Wildman–Crippen MR) is 144 cm³/mol. The Morgan fingerprint density at radius 1 is 1.06 bits per heavy atom. The van der Waals surface area contributed by atoms with Gasteiger partial charge in [-0.3, -0.25) is 4.79 Å². The van der Waals surface area contributed by atoms with E-state index in [4.69, 9.17) is 9.84 Å². The van der Waals surface area contributed by atoms with Crippen molar-refractivity contribution in [2.45, 2.75) is 34.1 Å². The second-order valence-electron chi connectivity index (χ2n) is 7.59. The summed E-state index contributed by atoms with van der Waals surface area (Å²) in [5.41, 5.74) is 4.91. The Morgan fingerprint density at radius 3 is 2.29 bits per heavy atom. The van der Waals surface area contributed by atoms with Crippen LogP contribution in [-0.4, -0.2) is 31.3 Å². The van der Waals surface area contributed by atoms with Gasteiger partial charge in [0.05, 0.1) is 13.0 Å². The van der Waals surface area contributed by atoms with E-state index >= 15 is 0 Å². The fourth-order valence-corrected chi connectivity index (χ4v) is 3.07. The molecule has 1 fully saturated rings. The Hall–Kier alpha value is -3.37. The lowest BCUT2D eigenvalue weighted by molar-refractivity contribution is -0.143. The van der Waals surface area contributed by atoms with Crippen molar-refractivity contribution >= 4 is 12.0 Å². The minimum atomic E-state index is -0.682. The molecule has 1 heterocycles. The zero-order chi connectivity index (χ0) is 25.2. The Balaban J connectivity index is 0.000000540. The summed E-state index contributed by atoms with van der Waals surface area (Å²) in [6.45, 7) is 9.41. The van der Waals surface area contributed by atoms with Crippen molar-refractivity contribution in [3.8, 4) is 5.75 Å². The molecule has 2 aromatic carbocycles. The van der Waals surface area contributed by atoms with Crippen LogP contribution < -0.4 is 10.1 Å². The average Bonchev–Trinajstić information content (AvgIpc) is 2.80. The molecule has 2 N–H and O–H groups in total. The van der Waals surface area contributed by atoms with E-state index in [-0.39, 0.29) is 5.92 Å². The van der Waals surface area contributed by atoms with Crippen LogP contribution in [0.2, 0.25) is 0 Å². The summed E-state index contributed by atoms with van der Waals surface area (Å²) in [5.74, 6) is 0.0980. The van der Waals surface area contributed by atoms with Crippen molar-refractivity contribution in [3.05, 3.63) is 107 Å². The van der Waals surface area contributed by atoms with Crippen molar-refractivity contribution in [3.63, 3.8) is 0 Å². The fourth-order valence-electron chi connectivity index (χ4n) is 3.07. The number of hydrogen-bond donors (Lipinski definition) is 2. The van der Waals surface area contributed by atoms with Crippen molar-refractivity contribution in [1.82, 2.24) is 5.32 Å². The molecule has 34 heavy (non-hydrogen) atoms. The summed E-state index contributed by atoms with van der Waals surface area (Å²) in [5, 5.41) is 11.1. The second-order valence-corrected chi connectivity index (χ2v) is 7.59. The van der Waals surface area contributed by atoms with E-state index in [1.165, 1.54) is 16.7 Å². The summed E-state index contributed by atoms with van der Waals surface area (Å²) in [6, 6.07) is 16.9. The summed E-state index contributed by atoms with van der Waals surface area (Å²) < 4.78 is 5.48. The molecule has 1 aliphatic rings. The van der Waals surface area contributed by atoms with Crippen LogP contribution in [0.1, 0.15) is 44.4 Å². The van der Waals surface area contributed by atoms with Gasteiger partial charge in [-0.15, -0.1) is 0 Å². The molecule has 4 heteroatoms. The number of allylic oxidation sites excluding steroid dienone is 7. The molecule has 3 rings (SSSR count). The molecule has 0 amide bonds. The van der Waals surface area contributed by atoms with E-state index in [0.29, 0.717) is 13.1 Å². The largest absolute Gasteiger partial charge is 0.496 e. The van der Waals surface area contributed by atoms with Gasteiger partial charge in [0.2, 0.25) is 0 Å². The van der Waals surface area contributed by atoms with E-state index in [1.54, 1.807) is 7.11 Å². The van der Waals surface area contributed by atoms with E-state index in [2.05, 4.69) is 66.9 Å². The van der Waals surface area contributed by atoms with Gasteiger partial charge < -0.3 is 15.2 Å². The van der Waals surface area contributed by atoms with E-state index in [0.717, 1.165) is 17.7 Å². The maximum absolute atomic E-state index is 9.94. The number of methoxy groups -OCH3 is 1. The maximum atomic E-state index is 9.94. The van der Waals surface area contributed by atoms with Crippen LogP contribution in [0.15, 0.2) is 90.6 Å². The van der Waals surface area contributed by atoms with E-state index in [1.807, 2.05) is 57.2 Å². The van der Waals surface area contributed by atoms with Crippen molar-refractivity contribution < 1.29 is 14.6 Å². The van der Waals surface area contributed by atoms with Crippen LogP contribution in [0.5, 0.6) is 5.75 Å². The first kappa shape index (κ1) is 28.7. The summed E-state index contributed by atoms with van der Waals surface area (Å²) in [7, 11) is 1.71. The third-order valence-electron chi connectivity index (χ3n) is 4.96. The Labute approximate surface area is 205 Å². The van der Waals surface area contributed by atoms with Gasteiger partial charge in [0.1, 0.15) is 5.75 Å². The maximum Gasteiger partial charge on any atom is 0.309 e. The van der Waals surface area contributed by atoms with Crippen LogP contribution >= 0.6 is 0 Å². The second kappa shape index (κ2) is 17.2. The fraction of sp³-hybridized carbons (Fsp3) is 0.300. The van der Waals surface area contributed by atoms with Gasteiger partial charge >= 0.3 is 5.97 Å². The molecule has 2 aromatic rings. The topological polar surface area (TPSA) is 58.6 Å². The number of hydrogen-bond acceptors (Lipinski definition) is 3. The number of ether oxygens (including phenoxy) is 1. The zero-order valence-electron chi connectivity index (χ0n) is 21.1. The van der Waals surface area contributed by atoms with Crippen molar-refractivity contribution in [1.29, 1.82) is 0 Å². The highest BCUT2D eigenvalue weighted by molar-refractivity contribution is 5.71. The highest BCUT2D eigenvalue weighted by Gasteiger charge is 2.23. The van der Waals surface area contributed by atoms with Gasteiger partial charge in [-0.25, -0.2) is 0 Å². The molecular weight excluding hydrogens is 422 g/mol. The molecule has 1 aliphatic heterocycles. The van der Waals surface area contributed by atoms with Crippen LogP contribution in [0, 0.1) is 5.92 Å². The monoisotopic (exact) mass is 461 g/mol. The summed E-state index contributed by atoms with van der Waals surface area (Å²) >= 11 is 0. The van der Waals surface area contributed by atoms with Crippen molar-refractivity contribution in [2.75, 3.05) is 20.2 Å². The molecule has 0 aromatic heterocycles. The number of benzene rings is 2. The molecule has 0 radical (unpaired) electrons. The smallest absolute Gasteiger partial charge is 0.309 e. The molecule has 0 bridgehead atoms. The quantitative estimate of drug-likeness (QED) is 0.430. The van der Waals surface area contributed by atoms with Crippen LogP contribution in [0.3, 0.4) is 0 Å². The van der Waals surface area contributed by atoms with Crippen LogP contribution in [-0.2, 0) is 11.2 Å². The first-order valence-corrected chi connectivity index (χ1v) is 11.8. The molecule has 182 valence electrons. The number of carboxylic acids is 1. The van der Waals surface area contributed by atoms with Gasteiger partial charge in [0.15, 0.2) is 0 Å². The lowest BCUT2D eigenvalue weighted by Crippen LogP contribution is -2.46. The molecule has 0 saturated carbocycles. The number of carbonyl (C=O) groups is 1. The summed E-state index contributed by atoms with van der Waals surface area (Å²) in [6.07, 6.45) is 15.4. The Morgan fingerprint density at radius 2 is 1.76 bits per heavy atom. The number of rotatable bonds is 8. The Kier molecular flexibility index (Phi) is 14.5. The van der Waals surface area contributed by atoms with Gasteiger partial charge in [-0.2, -0.15) is 0 Å². The number of aliphatic carboxylic acids is 1. The molecule has 0 atom stereocenters. The lowest BCUT2D eigenvalue weighted by atomic mass is 10.0. The third kappa shape index (κ3) is 11.0. The molecule has 0 spiro atoms. The number of nitrogens with one attached hydrogen (secondary N) is 1. The average molecular weight is 462 g/mol. The summed E-state index contributed by atoms with van der Waals surface area (Å²) in [4.78, 5) is 9.94. The normalized spacial score (nSPS) is 13.7. The van der Waals surface area contributed by atoms with Gasteiger partial charge in [0, 0.05) is 18.7 Å². The zero-order valence-corrected chi connectivity index (χ0v) is 21.1. The molecule has 0 unspecified atom stereocenters. The standard InChI is InChI=1S/C24H26O.C4H7NO2.C2H6/c1-4-11-20(2)12-7-5-10-15-23-19-22(16-17-24(23)25-3)18-21-13-8-6-9-14-21;6-4(7)3-1-5-2-3;1-2/h4-17,19H,18H2,1-3H3;3,5H,1-2H2,(H,6,7);1-2H3/b7-5+,11-4-,15-10+,20-12-;;. The minimum absolute atomic E-state index is 0.111. The highest BCUT2D eigenvalue weighted by Crippen LogP contribution is 2.23. The van der Waals surface area contributed by atoms with Crippen LogP contribution in [0.4, 0.5) is 0 Å². The van der Waals surface area contributed by atoms with E-state index in [9.17, 15) is 4.79 Å². The molecule has 4 nitrogen and oxygen atoms in total. The Bertz CT molecular complexity index is 968. The molecular formula is C30H39NO3. The first-order valence-electron chi connectivity index (χ1n) is 11.8. The van der Waals surface area contributed by atoms with Gasteiger partial charge in [0.25, 0.3) is 0 Å². The predicted octanol–water partition coefficient (Wildman–Crippen LogP) is 6.69. The first-order chi connectivity index (χ1) is 16.5. The van der Waals surface area contributed by atoms with E-state index < -0.39 is 5.97 Å². The van der Waals surface area contributed by atoms with Gasteiger partial charge in [-0.05, 0) is 43.5 Å². The minimum Gasteiger partial charge on any atom is -0.496 e. The molecule has 1 saturated heterocycles. The highest BCUT2D eigenvalue weighted by atomic mass is 16.5. The van der Waals surface area contributed by atoms with Crippen molar-refractivity contribution in [2.24, 2.45) is 5.92 Å². The molecule has 0 aliphatic carbocycles.